The maximum absolute atomic E-state index is 12.1. The molecule has 0 fully saturated rings. The Kier molecular flexibility index (Phi) is 4.89. The molecule has 1 aromatic carbocycles. The Labute approximate surface area is 123 Å². The van der Waals surface area contributed by atoms with Crippen molar-refractivity contribution in [3.8, 4) is 5.75 Å². The van der Waals surface area contributed by atoms with Crippen LogP contribution in [0.2, 0.25) is 0 Å². The van der Waals surface area contributed by atoms with E-state index in [1.54, 1.807) is 18.0 Å². The zero-order valence-corrected chi connectivity index (χ0v) is 12.1. The van der Waals surface area contributed by atoms with Crippen molar-refractivity contribution in [2.45, 2.75) is 19.5 Å². The molecule has 21 heavy (non-hydrogen) atoms. The molecule has 0 unspecified atom stereocenters. The standard InChI is InChI=1S/C14H19N5O2/c1-10(11-4-3-5-12(8-11)21-2)16-14(20)13-9-19(7-6-15)18-17-13/h3-5,8-10H,6-7,15H2,1-2H3,(H,16,20)/t10-/m1/s1. The lowest BCUT2D eigenvalue weighted by Crippen LogP contribution is -2.27. The SMILES string of the molecule is COc1cccc([C@@H](C)NC(=O)c2cn(CCN)nn2)c1. The van der Waals surface area contributed by atoms with Crippen LogP contribution in [0.3, 0.4) is 0 Å². The van der Waals surface area contributed by atoms with Gasteiger partial charge in [0.1, 0.15) is 5.75 Å². The van der Waals surface area contributed by atoms with Crippen molar-refractivity contribution < 1.29 is 9.53 Å². The molecule has 0 spiro atoms. The third-order valence-electron chi connectivity index (χ3n) is 3.07. The average molecular weight is 289 g/mol. The largest absolute Gasteiger partial charge is 0.497 e. The third kappa shape index (κ3) is 3.79. The lowest BCUT2D eigenvalue weighted by molar-refractivity contribution is 0.0934. The molecule has 0 aliphatic heterocycles. The van der Waals surface area contributed by atoms with Crippen LogP contribution >= 0.6 is 0 Å². The van der Waals surface area contributed by atoms with E-state index in [-0.39, 0.29) is 17.6 Å². The number of rotatable bonds is 6. The van der Waals surface area contributed by atoms with Gasteiger partial charge in [-0.15, -0.1) is 5.10 Å². The fraction of sp³-hybridized carbons (Fsp3) is 0.357. The molecule has 1 heterocycles. The van der Waals surface area contributed by atoms with Gasteiger partial charge >= 0.3 is 0 Å². The van der Waals surface area contributed by atoms with E-state index in [1.165, 1.54) is 0 Å². The number of carbonyl (C=O) groups is 1. The topological polar surface area (TPSA) is 95.1 Å². The zero-order valence-electron chi connectivity index (χ0n) is 12.1. The quantitative estimate of drug-likeness (QED) is 0.817. The third-order valence-corrected chi connectivity index (χ3v) is 3.07. The molecule has 7 heteroatoms. The van der Waals surface area contributed by atoms with Gasteiger partial charge in [0.25, 0.3) is 5.91 Å². The summed E-state index contributed by atoms with van der Waals surface area (Å²) in [5.74, 6) is 0.482. The number of aromatic nitrogens is 3. The Morgan fingerprint density at radius 3 is 3.05 bits per heavy atom. The number of nitrogens with two attached hydrogens (primary N) is 1. The number of methoxy groups -OCH3 is 1. The molecular formula is C14H19N5O2. The maximum Gasteiger partial charge on any atom is 0.273 e. The average Bonchev–Trinajstić information content (AvgIpc) is 2.96. The van der Waals surface area contributed by atoms with E-state index in [0.29, 0.717) is 13.1 Å². The van der Waals surface area contributed by atoms with Gasteiger partial charge in [0.05, 0.1) is 25.9 Å². The Morgan fingerprint density at radius 2 is 2.33 bits per heavy atom. The summed E-state index contributed by atoms with van der Waals surface area (Å²) in [6.45, 7) is 2.88. The first-order valence-electron chi connectivity index (χ1n) is 6.69. The van der Waals surface area contributed by atoms with E-state index >= 15 is 0 Å². The molecule has 1 aromatic heterocycles. The van der Waals surface area contributed by atoms with Crippen LogP contribution in [0, 0.1) is 0 Å². The summed E-state index contributed by atoms with van der Waals surface area (Å²) < 4.78 is 6.72. The molecule has 0 aliphatic carbocycles. The summed E-state index contributed by atoms with van der Waals surface area (Å²) in [7, 11) is 1.61. The maximum atomic E-state index is 12.1. The van der Waals surface area contributed by atoms with Crippen molar-refractivity contribution in [1.82, 2.24) is 20.3 Å². The normalized spacial score (nSPS) is 12.0. The number of carbonyl (C=O) groups excluding carboxylic acids is 1. The highest BCUT2D eigenvalue weighted by molar-refractivity contribution is 5.92. The Bertz CT molecular complexity index is 611. The van der Waals surface area contributed by atoms with Gasteiger partial charge < -0.3 is 15.8 Å². The number of hydrogen-bond donors (Lipinski definition) is 2. The molecule has 7 nitrogen and oxygen atoms in total. The minimum atomic E-state index is -0.270. The monoisotopic (exact) mass is 289 g/mol. The second-order valence-electron chi connectivity index (χ2n) is 4.63. The molecule has 0 aliphatic rings. The van der Waals surface area contributed by atoms with E-state index in [9.17, 15) is 4.79 Å². The van der Waals surface area contributed by atoms with E-state index in [4.69, 9.17) is 10.5 Å². The summed E-state index contributed by atoms with van der Waals surface area (Å²) >= 11 is 0. The number of nitrogens with one attached hydrogen (secondary N) is 1. The summed E-state index contributed by atoms with van der Waals surface area (Å²) in [6, 6.07) is 7.40. The number of nitrogens with zero attached hydrogens (tertiary/aromatic N) is 3. The van der Waals surface area contributed by atoms with Crippen LogP contribution in [0.5, 0.6) is 5.75 Å². The van der Waals surface area contributed by atoms with Crippen molar-refractivity contribution >= 4 is 5.91 Å². The second kappa shape index (κ2) is 6.85. The van der Waals surface area contributed by atoms with Crippen molar-refractivity contribution in [2.24, 2.45) is 5.73 Å². The number of ether oxygens (including phenoxy) is 1. The molecule has 1 amide bonds. The summed E-state index contributed by atoms with van der Waals surface area (Å²) in [6.07, 6.45) is 1.58. The molecule has 0 bridgehead atoms. The smallest absolute Gasteiger partial charge is 0.273 e. The highest BCUT2D eigenvalue weighted by Crippen LogP contribution is 2.18. The number of benzene rings is 1. The Balaban J connectivity index is 2.03. The van der Waals surface area contributed by atoms with E-state index in [0.717, 1.165) is 11.3 Å². The predicted octanol–water partition coefficient (Wildman–Crippen LogP) is 0.736. The van der Waals surface area contributed by atoms with Gasteiger partial charge in [-0.2, -0.15) is 0 Å². The lowest BCUT2D eigenvalue weighted by atomic mass is 10.1. The van der Waals surface area contributed by atoms with Crippen LogP contribution in [0.4, 0.5) is 0 Å². The molecule has 2 aromatic rings. The highest BCUT2D eigenvalue weighted by Gasteiger charge is 2.15. The van der Waals surface area contributed by atoms with E-state index < -0.39 is 0 Å². The van der Waals surface area contributed by atoms with Crippen LogP contribution in [-0.4, -0.2) is 34.6 Å². The van der Waals surface area contributed by atoms with Crippen LogP contribution in [0.1, 0.15) is 29.0 Å². The highest BCUT2D eigenvalue weighted by atomic mass is 16.5. The molecule has 1 atom stereocenters. The van der Waals surface area contributed by atoms with Gasteiger partial charge in [0.2, 0.25) is 0 Å². The predicted molar refractivity (Wildman–Crippen MR) is 78.0 cm³/mol. The molecule has 112 valence electrons. The fourth-order valence-electron chi connectivity index (χ4n) is 1.91. The van der Waals surface area contributed by atoms with Gasteiger partial charge in [-0.3, -0.25) is 9.48 Å². The van der Waals surface area contributed by atoms with Gasteiger partial charge in [0, 0.05) is 6.54 Å². The van der Waals surface area contributed by atoms with Gasteiger partial charge in [-0.05, 0) is 24.6 Å². The summed E-state index contributed by atoms with van der Waals surface area (Å²) in [5, 5.41) is 10.6. The van der Waals surface area contributed by atoms with Crippen molar-refractivity contribution in [3.05, 3.63) is 41.7 Å². The minimum Gasteiger partial charge on any atom is -0.497 e. The first kappa shape index (κ1) is 15.0. The number of amides is 1. The van der Waals surface area contributed by atoms with Crippen molar-refractivity contribution in [2.75, 3.05) is 13.7 Å². The van der Waals surface area contributed by atoms with Gasteiger partial charge in [0.15, 0.2) is 5.69 Å². The lowest BCUT2D eigenvalue weighted by Gasteiger charge is -2.14. The molecule has 2 rings (SSSR count). The second-order valence-corrected chi connectivity index (χ2v) is 4.63. The molecule has 0 radical (unpaired) electrons. The summed E-state index contributed by atoms with van der Waals surface area (Å²) in [4.78, 5) is 12.1. The minimum absolute atomic E-state index is 0.160. The molecule has 3 N–H and O–H groups in total. The fourth-order valence-corrected chi connectivity index (χ4v) is 1.91. The molecule has 0 saturated carbocycles. The van der Waals surface area contributed by atoms with Crippen LogP contribution in [0.25, 0.3) is 0 Å². The number of hydrogen-bond acceptors (Lipinski definition) is 5. The zero-order chi connectivity index (χ0) is 15.2. The summed E-state index contributed by atoms with van der Waals surface area (Å²) in [5.41, 5.74) is 6.66. The first-order valence-corrected chi connectivity index (χ1v) is 6.69. The molecule has 0 saturated heterocycles. The van der Waals surface area contributed by atoms with E-state index in [1.807, 2.05) is 31.2 Å². The Hall–Kier alpha value is -2.41. The Morgan fingerprint density at radius 1 is 1.52 bits per heavy atom. The molecular weight excluding hydrogens is 270 g/mol. The van der Waals surface area contributed by atoms with Crippen LogP contribution in [0.15, 0.2) is 30.5 Å². The van der Waals surface area contributed by atoms with E-state index in [2.05, 4.69) is 15.6 Å². The first-order chi connectivity index (χ1) is 10.1. The van der Waals surface area contributed by atoms with Crippen molar-refractivity contribution in [1.29, 1.82) is 0 Å². The van der Waals surface area contributed by atoms with Crippen molar-refractivity contribution in [3.63, 3.8) is 0 Å². The van der Waals surface area contributed by atoms with Gasteiger partial charge in [-0.25, -0.2) is 0 Å². The van der Waals surface area contributed by atoms with Crippen LogP contribution in [-0.2, 0) is 6.54 Å². The van der Waals surface area contributed by atoms with Crippen LogP contribution < -0.4 is 15.8 Å². The van der Waals surface area contributed by atoms with Gasteiger partial charge in [-0.1, -0.05) is 17.3 Å².